The molecule has 0 unspecified atom stereocenters. The highest BCUT2D eigenvalue weighted by Gasteiger charge is 1.85. The first-order chi connectivity index (χ1) is 4.74. The molecule has 0 amide bonds. The van der Waals surface area contributed by atoms with E-state index in [2.05, 4.69) is 0 Å². The van der Waals surface area contributed by atoms with Crippen molar-refractivity contribution in [3.05, 3.63) is 29.8 Å². The van der Waals surface area contributed by atoms with Crippen molar-refractivity contribution in [3.8, 4) is 5.75 Å². The van der Waals surface area contributed by atoms with E-state index in [-0.39, 0.29) is 0 Å². The predicted octanol–water partition coefficient (Wildman–Crippen LogP) is 2.00. The van der Waals surface area contributed by atoms with Gasteiger partial charge < -0.3 is 4.74 Å². The number of rotatable bonds is 1. The molecule has 48 valence electrons. The molecule has 0 heterocycles. The molecule has 9 heavy (non-hydrogen) atoms. The van der Waals surface area contributed by atoms with Crippen molar-refractivity contribution in [1.29, 1.82) is 0 Å². The Bertz CT molecular complexity index is 233. The number of ether oxygens (including phenoxy) is 1. The number of aryl methyl sites for hydroxylation is 1. The van der Waals surface area contributed by atoms with Gasteiger partial charge in [-0.2, -0.15) is 0 Å². The number of benzene rings is 1. The fraction of sp³-hybridized carbons (Fsp3) is 0.250. The summed E-state index contributed by atoms with van der Waals surface area (Å²) >= 11 is 0. The van der Waals surface area contributed by atoms with Crippen LogP contribution in [0.3, 0.4) is 0 Å². The van der Waals surface area contributed by atoms with Gasteiger partial charge in [-0.05, 0) is 19.0 Å². The van der Waals surface area contributed by atoms with Crippen LogP contribution >= 0.6 is 0 Å². The van der Waals surface area contributed by atoms with Crippen molar-refractivity contribution in [2.24, 2.45) is 0 Å². The topological polar surface area (TPSA) is 9.23 Å². The molecule has 1 aromatic rings. The minimum atomic E-state index is 0.447. The minimum Gasteiger partial charge on any atom is -0.497 e. The Hall–Kier alpha value is -0.980. The van der Waals surface area contributed by atoms with Crippen molar-refractivity contribution >= 4 is 0 Å². The highest BCUT2D eigenvalue weighted by atomic mass is 16.5. The van der Waals surface area contributed by atoms with E-state index in [0.717, 1.165) is 5.56 Å². The van der Waals surface area contributed by atoms with E-state index in [1.54, 1.807) is 19.2 Å². The Morgan fingerprint density at radius 2 is 2.22 bits per heavy atom. The molecule has 0 aliphatic carbocycles. The Labute approximate surface area is 56.7 Å². The Balaban J connectivity index is 3.07. The first kappa shape index (κ1) is 4.86. The van der Waals surface area contributed by atoms with E-state index in [1.165, 1.54) is 0 Å². The lowest BCUT2D eigenvalue weighted by molar-refractivity contribution is 0.414. The van der Waals surface area contributed by atoms with Crippen molar-refractivity contribution in [2.45, 2.75) is 6.92 Å². The zero-order valence-electron chi connectivity index (χ0n) is 6.64. The zero-order valence-corrected chi connectivity index (χ0v) is 5.64. The van der Waals surface area contributed by atoms with E-state index in [0.29, 0.717) is 11.8 Å². The molecule has 0 bridgehead atoms. The van der Waals surface area contributed by atoms with Crippen molar-refractivity contribution < 1.29 is 6.11 Å². The maximum atomic E-state index is 7.39. The number of methoxy groups -OCH3 is 1. The summed E-state index contributed by atoms with van der Waals surface area (Å²) in [6, 6.07) is 5.95. The Morgan fingerprint density at radius 3 is 2.78 bits per heavy atom. The van der Waals surface area contributed by atoms with Gasteiger partial charge in [0.05, 0.1) is 8.48 Å². The molecule has 0 fully saturated rings. The summed E-state index contributed by atoms with van der Waals surface area (Å²) in [7, 11) is 1.57. The zero-order chi connectivity index (χ0) is 7.56. The third-order valence-electron chi connectivity index (χ3n) is 1.16. The molecule has 1 rings (SSSR count). The summed E-state index contributed by atoms with van der Waals surface area (Å²) in [5.41, 5.74) is 1.09. The summed E-state index contributed by atoms with van der Waals surface area (Å²) in [6.45, 7) is 1.96. The van der Waals surface area contributed by atoms with Crippen LogP contribution in [0, 0.1) is 6.92 Å². The van der Waals surface area contributed by atoms with Gasteiger partial charge in [0.1, 0.15) is 5.75 Å². The van der Waals surface area contributed by atoms with Crippen LogP contribution in [0.2, 0.25) is 0 Å². The van der Waals surface area contributed by atoms with Gasteiger partial charge in [0, 0.05) is 0 Å². The summed E-state index contributed by atoms with van der Waals surface area (Å²) in [5, 5.41) is 0. The molecule has 1 aromatic carbocycles. The van der Waals surface area contributed by atoms with Crippen LogP contribution in [0.1, 0.15) is 6.93 Å². The van der Waals surface area contributed by atoms with Crippen LogP contribution in [0.4, 0.5) is 0 Å². The van der Waals surface area contributed by atoms with Crippen LogP contribution in [0.25, 0.3) is 0 Å². The van der Waals surface area contributed by atoms with Gasteiger partial charge in [0.15, 0.2) is 0 Å². The van der Waals surface area contributed by atoms with E-state index in [9.17, 15) is 0 Å². The third kappa shape index (κ3) is 1.46. The highest BCUT2D eigenvalue weighted by molar-refractivity contribution is 5.25. The average Bonchev–Trinajstić information content (AvgIpc) is 1.88. The molecule has 0 aliphatic rings. The molecule has 0 N–H and O–H groups in total. The maximum Gasteiger partial charge on any atom is 0.118 e. The molecule has 1 nitrogen and oxygen atoms in total. The molecule has 0 aromatic heterocycles. The molecular formula is C8H10O. The van der Waals surface area contributed by atoms with Crippen LogP contribution in [-0.2, 0) is 0 Å². The van der Waals surface area contributed by atoms with Gasteiger partial charge in [0.25, 0.3) is 0 Å². The molecular weight excluding hydrogens is 112 g/mol. The van der Waals surface area contributed by atoms with Crippen LogP contribution in [0.5, 0.6) is 5.75 Å². The van der Waals surface area contributed by atoms with Crippen molar-refractivity contribution in [3.63, 3.8) is 0 Å². The molecule has 0 spiro atoms. The monoisotopic (exact) mass is 123 g/mol. The second-order valence-corrected chi connectivity index (χ2v) is 1.93. The molecule has 0 atom stereocenters. The first-order valence-electron chi connectivity index (χ1n) is 3.35. The smallest absolute Gasteiger partial charge is 0.118 e. The molecule has 0 saturated heterocycles. The van der Waals surface area contributed by atoms with Gasteiger partial charge in [-0.3, -0.25) is 0 Å². The molecule has 0 radical (unpaired) electrons. The van der Waals surface area contributed by atoms with E-state index in [1.807, 2.05) is 13.0 Å². The standard InChI is InChI=1S/C8H10O/c1-7-3-5-8(9-2)6-4-7/h3-6H,1-2H3/i5D. The van der Waals surface area contributed by atoms with E-state index < -0.39 is 0 Å². The van der Waals surface area contributed by atoms with Gasteiger partial charge in [-0.25, -0.2) is 0 Å². The van der Waals surface area contributed by atoms with Gasteiger partial charge in [-0.1, -0.05) is 17.7 Å². The summed E-state index contributed by atoms with van der Waals surface area (Å²) in [6.07, 6.45) is 0. The highest BCUT2D eigenvalue weighted by Crippen LogP contribution is 2.09. The lowest BCUT2D eigenvalue weighted by Crippen LogP contribution is -1.80. The lowest BCUT2D eigenvalue weighted by Gasteiger charge is -1.97. The quantitative estimate of drug-likeness (QED) is 0.555. The molecule has 0 saturated carbocycles. The maximum absolute atomic E-state index is 7.39. The van der Waals surface area contributed by atoms with Crippen LogP contribution < -0.4 is 4.74 Å². The van der Waals surface area contributed by atoms with Gasteiger partial charge in [-0.15, -0.1) is 0 Å². The van der Waals surface area contributed by atoms with E-state index in [4.69, 9.17) is 6.11 Å². The summed E-state index contributed by atoms with van der Waals surface area (Å²) in [4.78, 5) is 0. The molecule has 0 aliphatic heterocycles. The minimum absolute atomic E-state index is 0.447. The largest absolute Gasteiger partial charge is 0.497 e. The fourth-order valence-corrected chi connectivity index (χ4v) is 0.615. The Kier molecular flexibility index (Phi) is 1.37. The van der Waals surface area contributed by atoms with Crippen LogP contribution in [0.15, 0.2) is 24.2 Å². The number of hydrogen-bond acceptors (Lipinski definition) is 1. The van der Waals surface area contributed by atoms with Gasteiger partial charge in [0.2, 0.25) is 0 Å². The normalized spacial score (nSPS) is 10.7. The van der Waals surface area contributed by atoms with Crippen molar-refractivity contribution in [2.75, 3.05) is 7.11 Å². The SMILES string of the molecule is [2H]c1cc(C)ccc1OC. The molecule has 1 heteroatoms. The average molecular weight is 123 g/mol. The second-order valence-electron chi connectivity index (χ2n) is 1.93. The third-order valence-corrected chi connectivity index (χ3v) is 1.16. The Morgan fingerprint density at radius 1 is 1.44 bits per heavy atom. The summed E-state index contributed by atoms with van der Waals surface area (Å²) < 4.78 is 12.3. The van der Waals surface area contributed by atoms with E-state index >= 15 is 0 Å². The van der Waals surface area contributed by atoms with Crippen molar-refractivity contribution in [1.82, 2.24) is 0 Å². The summed E-state index contributed by atoms with van der Waals surface area (Å²) in [5.74, 6) is 0.630. The lowest BCUT2D eigenvalue weighted by atomic mass is 10.2. The van der Waals surface area contributed by atoms with Gasteiger partial charge >= 0.3 is 0 Å². The predicted molar refractivity (Wildman–Crippen MR) is 37.7 cm³/mol. The van der Waals surface area contributed by atoms with Crippen LogP contribution in [-0.4, -0.2) is 7.11 Å². The number of hydrogen-bond donors (Lipinski definition) is 0. The fourth-order valence-electron chi connectivity index (χ4n) is 0.615. The first-order valence-corrected chi connectivity index (χ1v) is 2.85. The second kappa shape index (κ2) is 2.53.